The maximum atomic E-state index is 13.7. The lowest BCUT2D eigenvalue weighted by molar-refractivity contribution is 0.0715. The summed E-state index contributed by atoms with van der Waals surface area (Å²) < 4.78 is 30.2. The highest BCUT2D eigenvalue weighted by Crippen LogP contribution is 2.37. The maximum Gasteiger partial charge on any atom is 0.320 e. The first-order valence-corrected chi connectivity index (χ1v) is 9.79. The number of halogens is 3. The zero-order valence-corrected chi connectivity index (χ0v) is 16.6. The number of thioether (sulfide) groups is 1. The van der Waals surface area contributed by atoms with E-state index in [0.29, 0.717) is 21.2 Å². The third-order valence-electron chi connectivity index (χ3n) is 4.41. The van der Waals surface area contributed by atoms with Crippen LogP contribution in [0.3, 0.4) is 0 Å². The van der Waals surface area contributed by atoms with E-state index in [4.69, 9.17) is 11.6 Å². The first-order chi connectivity index (χ1) is 13.5. The Balaban J connectivity index is 1.70. The summed E-state index contributed by atoms with van der Waals surface area (Å²) >= 11 is 7.54. The summed E-state index contributed by atoms with van der Waals surface area (Å²) in [4.78, 5) is 4.43. The van der Waals surface area contributed by atoms with E-state index < -0.39 is 6.55 Å². The fourth-order valence-electron chi connectivity index (χ4n) is 2.98. The number of aromatic nitrogens is 5. The van der Waals surface area contributed by atoms with Crippen LogP contribution in [0.25, 0.3) is 16.7 Å². The van der Waals surface area contributed by atoms with Crippen LogP contribution >= 0.6 is 23.4 Å². The summed E-state index contributed by atoms with van der Waals surface area (Å²) in [6.45, 7) is 1.07. The SMILES string of the molecule is Cc1ccc(-n2cnnc2SC(C)c2nc3ccccc3n2C(F)F)cc1Cl. The van der Waals surface area contributed by atoms with Crippen LogP contribution in [0.2, 0.25) is 5.02 Å². The molecule has 1 atom stereocenters. The number of aryl methyl sites for hydroxylation is 1. The molecule has 0 amide bonds. The standard InChI is InChI=1S/C19H16ClF2N5S/c1-11-7-8-13(9-14(11)20)26-10-23-25-19(26)28-12(2)17-24-15-5-3-4-6-16(15)27(17)18(21)22/h3-10,12,18H,1-2H3. The third kappa shape index (κ3) is 3.38. The summed E-state index contributed by atoms with van der Waals surface area (Å²) in [6, 6.07) is 12.5. The number of fused-ring (bicyclic) bond motifs is 1. The molecule has 0 fully saturated rings. The topological polar surface area (TPSA) is 48.5 Å². The van der Waals surface area contributed by atoms with Crippen LogP contribution in [-0.2, 0) is 0 Å². The quantitative estimate of drug-likeness (QED) is 0.382. The maximum absolute atomic E-state index is 13.7. The number of hydrogen-bond acceptors (Lipinski definition) is 4. The van der Waals surface area contributed by atoms with Gasteiger partial charge < -0.3 is 0 Å². The smallest absolute Gasteiger partial charge is 0.277 e. The van der Waals surface area contributed by atoms with E-state index in [1.54, 1.807) is 35.2 Å². The number of para-hydroxylation sites is 2. The molecule has 0 radical (unpaired) electrons. The van der Waals surface area contributed by atoms with Gasteiger partial charge in [0.2, 0.25) is 0 Å². The van der Waals surface area contributed by atoms with Crippen LogP contribution in [0.5, 0.6) is 0 Å². The van der Waals surface area contributed by atoms with Crippen molar-refractivity contribution >= 4 is 34.4 Å². The van der Waals surface area contributed by atoms with Crippen LogP contribution in [0.15, 0.2) is 53.9 Å². The van der Waals surface area contributed by atoms with E-state index in [9.17, 15) is 8.78 Å². The lowest BCUT2D eigenvalue weighted by Crippen LogP contribution is -2.07. The van der Waals surface area contributed by atoms with E-state index in [0.717, 1.165) is 15.8 Å². The number of benzene rings is 2. The van der Waals surface area contributed by atoms with Gasteiger partial charge in [-0.25, -0.2) is 4.98 Å². The molecule has 2 aromatic carbocycles. The predicted molar refractivity (Wildman–Crippen MR) is 106 cm³/mol. The first kappa shape index (κ1) is 18.9. The predicted octanol–water partition coefficient (Wildman–Crippen LogP) is 5.83. The van der Waals surface area contributed by atoms with Crippen molar-refractivity contribution in [3.05, 3.63) is 65.2 Å². The van der Waals surface area contributed by atoms with Crippen molar-refractivity contribution in [3.8, 4) is 5.69 Å². The van der Waals surface area contributed by atoms with Crippen molar-refractivity contribution in [2.75, 3.05) is 0 Å². The van der Waals surface area contributed by atoms with E-state index in [1.165, 1.54) is 11.8 Å². The van der Waals surface area contributed by atoms with Crippen LogP contribution < -0.4 is 0 Å². The van der Waals surface area contributed by atoms with Gasteiger partial charge in [-0.2, -0.15) is 8.78 Å². The summed E-state index contributed by atoms with van der Waals surface area (Å²) in [5.41, 5.74) is 2.72. The monoisotopic (exact) mass is 419 g/mol. The molecule has 0 bridgehead atoms. The lowest BCUT2D eigenvalue weighted by atomic mass is 10.2. The van der Waals surface area contributed by atoms with Gasteiger partial charge in [-0.3, -0.25) is 9.13 Å². The second-order valence-corrected chi connectivity index (χ2v) is 8.00. The molecule has 1 unspecified atom stereocenters. The van der Waals surface area contributed by atoms with Crippen molar-refractivity contribution in [2.45, 2.75) is 30.8 Å². The summed E-state index contributed by atoms with van der Waals surface area (Å²) in [6.07, 6.45) is 1.58. The zero-order chi connectivity index (χ0) is 19.8. The summed E-state index contributed by atoms with van der Waals surface area (Å²) in [5.74, 6) is 0.290. The molecule has 28 heavy (non-hydrogen) atoms. The van der Waals surface area contributed by atoms with Crippen molar-refractivity contribution in [2.24, 2.45) is 0 Å². The van der Waals surface area contributed by atoms with Gasteiger partial charge in [0.15, 0.2) is 5.16 Å². The lowest BCUT2D eigenvalue weighted by Gasteiger charge is -2.14. The normalized spacial score (nSPS) is 12.8. The van der Waals surface area contributed by atoms with Gasteiger partial charge in [-0.1, -0.05) is 41.6 Å². The fraction of sp³-hybridized carbons (Fsp3) is 0.211. The molecule has 0 aliphatic carbocycles. The van der Waals surface area contributed by atoms with Crippen molar-refractivity contribution in [3.63, 3.8) is 0 Å². The molecule has 0 spiro atoms. The van der Waals surface area contributed by atoms with Crippen LogP contribution in [0, 0.1) is 6.92 Å². The molecule has 5 nitrogen and oxygen atoms in total. The molecule has 0 aliphatic rings. The molecule has 9 heteroatoms. The number of rotatable bonds is 5. The van der Waals surface area contributed by atoms with Gasteiger partial charge in [0, 0.05) is 5.02 Å². The second kappa shape index (κ2) is 7.52. The highest BCUT2D eigenvalue weighted by molar-refractivity contribution is 7.99. The molecule has 0 aliphatic heterocycles. The average Bonchev–Trinajstić information content (AvgIpc) is 3.28. The first-order valence-electron chi connectivity index (χ1n) is 8.54. The van der Waals surface area contributed by atoms with Crippen LogP contribution in [0.1, 0.15) is 30.1 Å². The van der Waals surface area contributed by atoms with E-state index >= 15 is 0 Å². The molecular weight excluding hydrogens is 404 g/mol. The number of nitrogens with zero attached hydrogens (tertiary/aromatic N) is 5. The summed E-state index contributed by atoms with van der Waals surface area (Å²) in [7, 11) is 0. The number of imidazole rings is 1. The van der Waals surface area contributed by atoms with Gasteiger partial charge in [0.25, 0.3) is 0 Å². The van der Waals surface area contributed by atoms with Gasteiger partial charge in [0.05, 0.1) is 22.0 Å². The van der Waals surface area contributed by atoms with Gasteiger partial charge in [-0.15, -0.1) is 10.2 Å². The highest BCUT2D eigenvalue weighted by atomic mass is 35.5. The Morgan fingerprint density at radius 1 is 1.14 bits per heavy atom. The van der Waals surface area contributed by atoms with E-state index in [2.05, 4.69) is 15.2 Å². The molecule has 0 saturated carbocycles. The Hall–Kier alpha value is -2.45. The van der Waals surface area contributed by atoms with Crippen molar-refractivity contribution < 1.29 is 8.78 Å². The minimum absolute atomic E-state index is 0.290. The Kier molecular flexibility index (Phi) is 5.07. The Labute approximate surface area is 169 Å². The molecule has 0 saturated heterocycles. The van der Waals surface area contributed by atoms with Crippen molar-refractivity contribution in [1.29, 1.82) is 0 Å². The number of alkyl halides is 2. The van der Waals surface area contributed by atoms with Crippen LogP contribution in [0.4, 0.5) is 8.78 Å². The average molecular weight is 420 g/mol. The van der Waals surface area contributed by atoms with Gasteiger partial charge in [-0.05, 0) is 43.7 Å². The van der Waals surface area contributed by atoms with Crippen LogP contribution in [-0.4, -0.2) is 24.3 Å². The Morgan fingerprint density at radius 3 is 2.68 bits per heavy atom. The minimum atomic E-state index is -2.68. The summed E-state index contributed by atoms with van der Waals surface area (Å²) in [5, 5.41) is 8.95. The molecule has 4 aromatic rings. The fourth-order valence-corrected chi connectivity index (χ4v) is 4.10. The van der Waals surface area contributed by atoms with Gasteiger partial charge in [0.1, 0.15) is 12.2 Å². The van der Waals surface area contributed by atoms with Crippen molar-refractivity contribution in [1.82, 2.24) is 24.3 Å². The largest absolute Gasteiger partial charge is 0.320 e. The minimum Gasteiger partial charge on any atom is -0.277 e. The van der Waals surface area contributed by atoms with Gasteiger partial charge >= 0.3 is 6.55 Å². The second-order valence-electron chi connectivity index (χ2n) is 6.28. The number of hydrogen-bond donors (Lipinski definition) is 0. The van der Waals surface area contributed by atoms with E-state index in [1.807, 2.05) is 32.0 Å². The highest BCUT2D eigenvalue weighted by Gasteiger charge is 2.24. The van der Waals surface area contributed by atoms with E-state index in [-0.39, 0.29) is 11.1 Å². The zero-order valence-electron chi connectivity index (χ0n) is 15.1. The molecule has 0 N–H and O–H groups in total. The Bertz CT molecular complexity index is 1140. The Morgan fingerprint density at radius 2 is 1.93 bits per heavy atom. The molecule has 4 rings (SSSR count). The molecule has 2 heterocycles. The third-order valence-corrected chi connectivity index (χ3v) is 5.87. The molecular formula is C19H16ClF2N5S. The molecule has 2 aromatic heterocycles. The molecule has 144 valence electrons.